The Balaban J connectivity index is 1.46. The zero-order valence-electron chi connectivity index (χ0n) is 15.2. The number of fused-ring (bicyclic) bond motifs is 2. The summed E-state index contributed by atoms with van der Waals surface area (Å²) in [6.45, 7) is 3.32. The third-order valence-corrected chi connectivity index (χ3v) is 7.22. The Morgan fingerprint density at radius 2 is 2.04 bits per heavy atom. The van der Waals surface area contributed by atoms with Gasteiger partial charge in [0, 0.05) is 25.0 Å². The fraction of sp³-hybridized carbons (Fsp3) is 0.421. The van der Waals surface area contributed by atoms with Crippen molar-refractivity contribution in [3.63, 3.8) is 0 Å². The molecule has 0 radical (unpaired) electrons. The van der Waals surface area contributed by atoms with E-state index in [0.29, 0.717) is 0 Å². The third-order valence-electron chi connectivity index (χ3n) is 5.67. The molecular weight excluding hydrogens is 378 g/mol. The smallest absolute Gasteiger partial charge is 0.254 e. The summed E-state index contributed by atoms with van der Waals surface area (Å²) >= 11 is 3.28. The van der Waals surface area contributed by atoms with Crippen molar-refractivity contribution < 1.29 is 4.79 Å². The monoisotopic (exact) mass is 399 g/mol. The zero-order chi connectivity index (χ0) is 18.4. The van der Waals surface area contributed by atoms with E-state index in [4.69, 9.17) is 0 Å². The quantitative estimate of drug-likeness (QED) is 0.664. The van der Waals surface area contributed by atoms with Gasteiger partial charge in [0.05, 0.1) is 22.5 Å². The van der Waals surface area contributed by atoms with Crippen molar-refractivity contribution in [2.75, 3.05) is 26.7 Å². The van der Waals surface area contributed by atoms with Gasteiger partial charge in [-0.1, -0.05) is 6.07 Å². The molecule has 0 unspecified atom stereocenters. The van der Waals surface area contributed by atoms with Crippen molar-refractivity contribution in [2.45, 2.75) is 24.9 Å². The van der Waals surface area contributed by atoms with E-state index in [1.165, 1.54) is 0 Å². The Labute approximate surface area is 166 Å². The Morgan fingerprint density at radius 3 is 2.74 bits per heavy atom. The zero-order valence-corrected chi connectivity index (χ0v) is 16.8. The second kappa shape index (κ2) is 6.54. The van der Waals surface area contributed by atoms with Gasteiger partial charge in [0.2, 0.25) is 0 Å². The molecule has 0 atom stereocenters. The van der Waals surface area contributed by atoms with Crippen molar-refractivity contribution in [1.82, 2.24) is 24.6 Å². The van der Waals surface area contributed by atoms with E-state index in [1.807, 2.05) is 21.7 Å². The summed E-state index contributed by atoms with van der Waals surface area (Å²) in [4.78, 5) is 18.2. The molecule has 5 heterocycles. The van der Waals surface area contributed by atoms with Gasteiger partial charge in [0.15, 0.2) is 5.82 Å². The summed E-state index contributed by atoms with van der Waals surface area (Å²) in [5, 5.41) is 15.0. The second-order valence-corrected chi connectivity index (χ2v) is 9.18. The Hall–Kier alpha value is -2.03. The number of carbonyl (C=O) groups is 1. The second-order valence-electron chi connectivity index (χ2n) is 7.45. The molecule has 8 heteroatoms. The maximum Gasteiger partial charge on any atom is 0.254 e. The van der Waals surface area contributed by atoms with E-state index < -0.39 is 0 Å². The first-order valence-electron chi connectivity index (χ1n) is 9.15. The number of thiophene rings is 2. The average Bonchev–Trinajstić information content (AvgIpc) is 3.42. The van der Waals surface area contributed by atoms with Crippen LogP contribution >= 0.6 is 22.7 Å². The van der Waals surface area contributed by atoms with E-state index in [1.54, 1.807) is 22.7 Å². The molecule has 0 N–H and O–H groups in total. The third kappa shape index (κ3) is 2.83. The molecule has 27 heavy (non-hydrogen) atoms. The van der Waals surface area contributed by atoms with Crippen LogP contribution in [-0.2, 0) is 12.1 Å². The van der Waals surface area contributed by atoms with Gasteiger partial charge in [-0.15, -0.1) is 21.5 Å². The minimum absolute atomic E-state index is 0.0451. The molecule has 2 aliphatic heterocycles. The van der Waals surface area contributed by atoms with Crippen LogP contribution in [0.5, 0.6) is 0 Å². The van der Waals surface area contributed by atoms with Crippen molar-refractivity contribution in [3.05, 3.63) is 45.7 Å². The van der Waals surface area contributed by atoms with E-state index in [0.717, 1.165) is 61.1 Å². The number of piperidine rings is 1. The number of likely N-dealkylation sites (tertiary alicyclic amines) is 1. The molecule has 3 aromatic rings. The molecule has 1 amide bonds. The lowest BCUT2D eigenvalue weighted by Crippen LogP contribution is -2.56. The van der Waals surface area contributed by atoms with Crippen molar-refractivity contribution in [1.29, 1.82) is 0 Å². The van der Waals surface area contributed by atoms with Gasteiger partial charge in [0.1, 0.15) is 5.82 Å². The van der Waals surface area contributed by atoms with Gasteiger partial charge in [-0.25, -0.2) is 0 Å². The highest BCUT2D eigenvalue weighted by Gasteiger charge is 2.44. The predicted octanol–water partition coefficient (Wildman–Crippen LogP) is 3.15. The maximum atomic E-state index is 12.7. The number of carbonyl (C=O) groups excluding carboxylic acids is 1. The Bertz CT molecular complexity index is 939. The lowest BCUT2D eigenvalue weighted by molar-refractivity contribution is 0.0410. The molecule has 0 saturated carbocycles. The summed E-state index contributed by atoms with van der Waals surface area (Å²) in [5.74, 6) is 2.16. The highest BCUT2D eigenvalue weighted by Crippen LogP contribution is 2.39. The molecule has 6 nitrogen and oxygen atoms in total. The van der Waals surface area contributed by atoms with Crippen LogP contribution in [0.15, 0.2) is 34.3 Å². The van der Waals surface area contributed by atoms with Gasteiger partial charge in [-0.3, -0.25) is 9.69 Å². The number of hydrogen-bond acceptors (Lipinski definition) is 6. The van der Waals surface area contributed by atoms with Crippen molar-refractivity contribution in [2.24, 2.45) is 0 Å². The highest BCUT2D eigenvalue weighted by molar-refractivity contribution is 7.13. The standard InChI is InChI=1S/C19H21N5OS2/c1-22-11-16-20-21-17(15-3-2-9-27-15)24(16)19(13-22)5-7-23(8-6-19)18(25)14-4-10-26-12-14/h2-4,9-10,12H,5-8,11,13H2,1H3. The number of amides is 1. The molecule has 0 aliphatic carbocycles. The van der Waals surface area contributed by atoms with Crippen LogP contribution in [0.4, 0.5) is 0 Å². The van der Waals surface area contributed by atoms with Gasteiger partial charge >= 0.3 is 0 Å². The van der Waals surface area contributed by atoms with E-state index in [-0.39, 0.29) is 11.4 Å². The van der Waals surface area contributed by atoms with Gasteiger partial charge < -0.3 is 9.47 Å². The summed E-state index contributed by atoms with van der Waals surface area (Å²) in [5.41, 5.74) is 0.761. The molecular formula is C19H21N5OS2. The van der Waals surface area contributed by atoms with Crippen LogP contribution in [0.2, 0.25) is 0 Å². The minimum Gasteiger partial charge on any atom is -0.338 e. The molecule has 0 aromatic carbocycles. The fourth-order valence-corrected chi connectivity index (χ4v) is 5.76. The van der Waals surface area contributed by atoms with Crippen LogP contribution in [0.1, 0.15) is 29.0 Å². The van der Waals surface area contributed by atoms with Crippen molar-refractivity contribution in [3.8, 4) is 10.7 Å². The summed E-state index contributed by atoms with van der Waals surface area (Å²) in [6, 6.07) is 6.09. The predicted molar refractivity (Wildman–Crippen MR) is 107 cm³/mol. The highest BCUT2D eigenvalue weighted by atomic mass is 32.1. The van der Waals surface area contributed by atoms with E-state index in [2.05, 4.69) is 44.2 Å². The summed E-state index contributed by atoms with van der Waals surface area (Å²) in [6.07, 6.45) is 1.85. The summed E-state index contributed by atoms with van der Waals surface area (Å²) < 4.78 is 2.38. The molecule has 5 rings (SSSR count). The van der Waals surface area contributed by atoms with Gasteiger partial charge in [0.25, 0.3) is 5.91 Å². The fourth-order valence-electron chi connectivity index (χ4n) is 4.43. The average molecular weight is 400 g/mol. The minimum atomic E-state index is -0.0451. The Kier molecular flexibility index (Phi) is 4.14. The number of aromatic nitrogens is 3. The molecule has 1 spiro atoms. The summed E-state index contributed by atoms with van der Waals surface area (Å²) in [7, 11) is 2.15. The molecule has 3 aromatic heterocycles. The molecule has 0 bridgehead atoms. The largest absolute Gasteiger partial charge is 0.338 e. The lowest BCUT2D eigenvalue weighted by Gasteiger charge is -2.48. The van der Waals surface area contributed by atoms with Crippen LogP contribution in [0.3, 0.4) is 0 Å². The number of hydrogen-bond donors (Lipinski definition) is 0. The SMILES string of the molecule is CN1Cc2nnc(-c3cccs3)n2C2(CCN(C(=O)c3ccsc3)CC2)C1. The maximum absolute atomic E-state index is 12.7. The van der Waals surface area contributed by atoms with Crippen LogP contribution < -0.4 is 0 Å². The van der Waals surface area contributed by atoms with E-state index in [9.17, 15) is 4.79 Å². The molecule has 1 fully saturated rings. The van der Waals surface area contributed by atoms with Crippen LogP contribution in [0.25, 0.3) is 10.7 Å². The van der Waals surface area contributed by atoms with E-state index >= 15 is 0 Å². The molecule has 2 aliphatic rings. The van der Waals surface area contributed by atoms with Gasteiger partial charge in [-0.05, 0) is 42.8 Å². The number of rotatable bonds is 2. The number of nitrogens with zero attached hydrogens (tertiary/aromatic N) is 5. The van der Waals surface area contributed by atoms with Gasteiger partial charge in [-0.2, -0.15) is 11.3 Å². The van der Waals surface area contributed by atoms with Crippen LogP contribution in [0, 0.1) is 0 Å². The van der Waals surface area contributed by atoms with Crippen LogP contribution in [-0.4, -0.2) is 57.2 Å². The topological polar surface area (TPSA) is 54.3 Å². The van der Waals surface area contributed by atoms with Crippen molar-refractivity contribution >= 4 is 28.6 Å². The number of likely N-dealkylation sites (N-methyl/N-ethyl adjacent to an activating group) is 1. The molecule has 1 saturated heterocycles. The first-order valence-corrected chi connectivity index (χ1v) is 11.0. The lowest BCUT2D eigenvalue weighted by atomic mass is 9.84. The Morgan fingerprint density at radius 1 is 1.19 bits per heavy atom. The first kappa shape index (κ1) is 17.1. The normalized spacial score (nSPS) is 19.4. The first-order chi connectivity index (χ1) is 13.2. The molecule has 140 valence electrons.